The van der Waals surface area contributed by atoms with Crippen LogP contribution >= 0.6 is 0 Å². The fourth-order valence-electron chi connectivity index (χ4n) is 3.16. The molecular formula is C24H28N4O3. The van der Waals surface area contributed by atoms with Crippen molar-refractivity contribution < 1.29 is 14.3 Å². The molecule has 7 nitrogen and oxygen atoms in total. The topological polar surface area (TPSA) is 129 Å². The summed E-state index contributed by atoms with van der Waals surface area (Å²) in [6, 6.07) is 15.9. The van der Waals surface area contributed by atoms with Gasteiger partial charge in [-0.3, -0.25) is 15.0 Å². The van der Waals surface area contributed by atoms with Crippen LogP contribution in [0.1, 0.15) is 60.9 Å². The fourth-order valence-corrected chi connectivity index (χ4v) is 3.16. The molecule has 1 unspecified atom stereocenters. The van der Waals surface area contributed by atoms with Gasteiger partial charge in [-0.2, -0.15) is 5.26 Å². The predicted octanol–water partition coefficient (Wildman–Crippen LogP) is 3.37. The number of unbranched alkanes of at least 4 members (excludes halogenated alkanes) is 1. The third kappa shape index (κ3) is 7.94. The number of amides is 1. The van der Waals surface area contributed by atoms with E-state index in [-0.39, 0.29) is 30.7 Å². The molecule has 0 aromatic heterocycles. The SMILES string of the molecule is CCOC(=O)CC(NC(=O)CCCCc1ccc(C(=N)N)cc1)c1ccc(C#N)cc1. The Balaban J connectivity index is 1.87. The van der Waals surface area contributed by atoms with Gasteiger partial charge < -0.3 is 15.8 Å². The molecule has 0 spiro atoms. The number of nitrogens with two attached hydrogens (primary N) is 1. The molecule has 1 amide bonds. The van der Waals surface area contributed by atoms with Gasteiger partial charge in [-0.1, -0.05) is 36.4 Å². The van der Waals surface area contributed by atoms with Gasteiger partial charge >= 0.3 is 5.97 Å². The maximum Gasteiger partial charge on any atom is 0.308 e. The van der Waals surface area contributed by atoms with Crippen molar-refractivity contribution in [1.82, 2.24) is 5.32 Å². The Morgan fingerprint density at radius 2 is 1.81 bits per heavy atom. The van der Waals surface area contributed by atoms with E-state index in [0.717, 1.165) is 24.0 Å². The maximum atomic E-state index is 12.5. The molecule has 1 atom stereocenters. The smallest absolute Gasteiger partial charge is 0.308 e. The highest BCUT2D eigenvalue weighted by molar-refractivity contribution is 5.94. The standard InChI is InChI=1S/C24H28N4O3/c1-2-31-23(30)15-21(19-11-9-18(16-25)10-12-19)28-22(29)6-4-3-5-17-7-13-20(14-8-17)24(26)27/h7-14,21H,2-6,15H2,1H3,(H3,26,27)(H,28,29). The number of benzene rings is 2. The first-order valence-electron chi connectivity index (χ1n) is 10.3. The third-order valence-corrected chi connectivity index (χ3v) is 4.84. The Labute approximate surface area is 182 Å². The zero-order valence-corrected chi connectivity index (χ0v) is 17.7. The monoisotopic (exact) mass is 420 g/mol. The van der Waals surface area contributed by atoms with E-state index in [1.54, 1.807) is 31.2 Å². The minimum atomic E-state index is -0.501. The van der Waals surface area contributed by atoms with Crippen molar-refractivity contribution in [2.24, 2.45) is 5.73 Å². The predicted molar refractivity (Wildman–Crippen MR) is 118 cm³/mol. The minimum Gasteiger partial charge on any atom is -0.466 e. The molecule has 0 fully saturated rings. The Morgan fingerprint density at radius 1 is 1.13 bits per heavy atom. The quantitative estimate of drug-likeness (QED) is 0.222. The summed E-state index contributed by atoms with van der Waals surface area (Å²) in [6.45, 7) is 2.02. The van der Waals surface area contributed by atoms with Crippen molar-refractivity contribution in [3.63, 3.8) is 0 Å². The summed E-state index contributed by atoms with van der Waals surface area (Å²) >= 11 is 0. The van der Waals surface area contributed by atoms with Gasteiger partial charge in [-0.05, 0) is 49.4 Å². The van der Waals surface area contributed by atoms with Crippen LogP contribution in [0.15, 0.2) is 48.5 Å². The number of carbonyl (C=O) groups excluding carboxylic acids is 2. The van der Waals surface area contributed by atoms with E-state index in [1.807, 2.05) is 24.3 Å². The van der Waals surface area contributed by atoms with Gasteiger partial charge in [-0.25, -0.2) is 0 Å². The number of nitrogen functional groups attached to an aromatic ring is 1. The number of nitrogens with one attached hydrogen (secondary N) is 2. The Kier molecular flexibility index (Phi) is 9.24. The van der Waals surface area contributed by atoms with Crippen LogP contribution in [0.2, 0.25) is 0 Å². The summed E-state index contributed by atoms with van der Waals surface area (Å²) in [5.74, 6) is -0.473. The van der Waals surface area contributed by atoms with Gasteiger partial charge in [0.15, 0.2) is 0 Å². The molecule has 0 saturated heterocycles. The van der Waals surface area contributed by atoms with Crippen LogP contribution in [0.3, 0.4) is 0 Å². The number of ether oxygens (including phenoxy) is 1. The number of amidine groups is 1. The second-order valence-corrected chi connectivity index (χ2v) is 7.18. The zero-order valence-electron chi connectivity index (χ0n) is 17.7. The number of aryl methyl sites for hydroxylation is 1. The molecular weight excluding hydrogens is 392 g/mol. The van der Waals surface area contributed by atoms with E-state index in [4.69, 9.17) is 21.1 Å². The zero-order chi connectivity index (χ0) is 22.6. The van der Waals surface area contributed by atoms with Crippen LogP contribution in [0.25, 0.3) is 0 Å². The number of hydrogen-bond acceptors (Lipinski definition) is 5. The largest absolute Gasteiger partial charge is 0.466 e. The van der Waals surface area contributed by atoms with Crippen molar-refractivity contribution in [3.8, 4) is 6.07 Å². The first-order chi connectivity index (χ1) is 14.9. The average Bonchev–Trinajstić information content (AvgIpc) is 2.77. The molecule has 0 heterocycles. The Bertz CT molecular complexity index is 931. The minimum absolute atomic E-state index is 0.0357. The van der Waals surface area contributed by atoms with Gasteiger partial charge in [-0.15, -0.1) is 0 Å². The Hall–Kier alpha value is -3.66. The van der Waals surface area contributed by atoms with Crippen molar-refractivity contribution in [3.05, 3.63) is 70.8 Å². The van der Waals surface area contributed by atoms with Gasteiger partial charge in [0.1, 0.15) is 5.84 Å². The van der Waals surface area contributed by atoms with Crippen molar-refractivity contribution in [2.45, 2.75) is 45.1 Å². The van der Waals surface area contributed by atoms with Crippen LogP contribution in [0.4, 0.5) is 0 Å². The maximum absolute atomic E-state index is 12.5. The molecule has 0 aliphatic rings. The number of nitriles is 1. The van der Waals surface area contributed by atoms with Crippen molar-refractivity contribution in [1.29, 1.82) is 10.7 Å². The molecule has 162 valence electrons. The summed E-state index contributed by atoms with van der Waals surface area (Å²) in [5.41, 5.74) is 8.55. The fraction of sp³-hybridized carbons (Fsp3) is 0.333. The number of nitrogens with zero attached hydrogens (tertiary/aromatic N) is 1. The molecule has 0 bridgehead atoms. The normalized spacial score (nSPS) is 11.2. The van der Waals surface area contributed by atoms with E-state index in [2.05, 4.69) is 11.4 Å². The molecule has 0 saturated carbocycles. The molecule has 0 aliphatic carbocycles. The molecule has 2 aromatic carbocycles. The molecule has 2 aromatic rings. The lowest BCUT2D eigenvalue weighted by atomic mass is 10.0. The summed E-state index contributed by atoms with van der Waals surface area (Å²) < 4.78 is 5.03. The highest BCUT2D eigenvalue weighted by Crippen LogP contribution is 2.19. The van der Waals surface area contributed by atoms with Crippen molar-refractivity contribution >= 4 is 17.7 Å². The Morgan fingerprint density at radius 3 is 2.39 bits per heavy atom. The number of carbonyl (C=O) groups is 2. The number of hydrogen-bond donors (Lipinski definition) is 3. The molecule has 4 N–H and O–H groups in total. The van der Waals surface area contributed by atoms with Crippen molar-refractivity contribution in [2.75, 3.05) is 6.61 Å². The van der Waals surface area contributed by atoms with E-state index >= 15 is 0 Å². The number of esters is 1. The van der Waals surface area contributed by atoms with E-state index in [9.17, 15) is 9.59 Å². The lowest BCUT2D eigenvalue weighted by Crippen LogP contribution is -2.30. The van der Waals surface area contributed by atoms with Crippen LogP contribution in [-0.2, 0) is 20.7 Å². The second kappa shape index (κ2) is 12.1. The molecule has 0 radical (unpaired) electrons. The lowest BCUT2D eigenvalue weighted by molar-refractivity contribution is -0.143. The summed E-state index contributed by atoms with van der Waals surface area (Å²) in [5, 5.41) is 19.3. The van der Waals surface area contributed by atoms with Gasteiger partial charge in [0.2, 0.25) is 5.91 Å². The number of rotatable bonds is 11. The highest BCUT2D eigenvalue weighted by Gasteiger charge is 2.19. The van der Waals surface area contributed by atoms with Crippen LogP contribution in [-0.4, -0.2) is 24.3 Å². The average molecular weight is 421 g/mol. The van der Waals surface area contributed by atoms with E-state index in [1.165, 1.54) is 0 Å². The van der Waals surface area contributed by atoms with Gasteiger partial charge in [0.05, 0.1) is 30.7 Å². The van der Waals surface area contributed by atoms with Gasteiger partial charge in [0, 0.05) is 12.0 Å². The first-order valence-corrected chi connectivity index (χ1v) is 10.3. The van der Waals surface area contributed by atoms with Gasteiger partial charge in [0.25, 0.3) is 0 Å². The van der Waals surface area contributed by atoms with Crippen LogP contribution in [0, 0.1) is 16.7 Å². The third-order valence-electron chi connectivity index (χ3n) is 4.84. The highest BCUT2D eigenvalue weighted by atomic mass is 16.5. The molecule has 0 aliphatic heterocycles. The van der Waals surface area contributed by atoms with E-state index < -0.39 is 6.04 Å². The first kappa shape index (κ1) is 23.6. The molecule has 31 heavy (non-hydrogen) atoms. The summed E-state index contributed by atoms with van der Waals surface area (Å²) in [6.07, 6.45) is 2.76. The molecule has 7 heteroatoms. The van der Waals surface area contributed by atoms with E-state index in [0.29, 0.717) is 24.0 Å². The van der Waals surface area contributed by atoms with Crippen LogP contribution in [0.5, 0.6) is 0 Å². The second-order valence-electron chi connectivity index (χ2n) is 7.18. The molecule has 2 rings (SSSR count). The summed E-state index contributed by atoms with van der Waals surface area (Å²) in [4.78, 5) is 24.4. The van der Waals surface area contributed by atoms with Crippen LogP contribution < -0.4 is 11.1 Å². The summed E-state index contributed by atoms with van der Waals surface area (Å²) in [7, 11) is 0. The lowest BCUT2D eigenvalue weighted by Gasteiger charge is -2.18.